The molecule has 0 aromatic rings. The van der Waals surface area contributed by atoms with Crippen molar-refractivity contribution in [2.45, 2.75) is 64.0 Å². The molecule has 0 heterocycles. The third-order valence-corrected chi connectivity index (χ3v) is 3.89. The average molecular weight is 256 g/mol. The van der Waals surface area contributed by atoms with E-state index in [4.69, 9.17) is 10.5 Å². The van der Waals surface area contributed by atoms with Crippen LogP contribution in [-0.4, -0.2) is 31.7 Å². The molecule has 4 heteroatoms. The monoisotopic (exact) mass is 256 g/mol. The lowest BCUT2D eigenvalue weighted by molar-refractivity contribution is -0.123. The molecule has 1 aliphatic carbocycles. The summed E-state index contributed by atoms with van der Waals surface area (Å²) in [6.45, 7) is 2.90. The van der Waals surface area contributed by atoms with Crippen LogP contribution in [0, 0.1) is 5.92 Å². The molecule has 1 fully saturated rings. The van der Waals surface area contributed by atoms with E-state index in [1.807, 2.05) is 0 Å². The zero-order valence-corrected chi connectivity index (χ0v) is 11.8. The lowest BCUT2D eigenvalue weighted by Gasteiger charge is -2.24. The van der Waals surface area contributed by atoms with Crippen molar-refractivity contribution in [3.05, 3.63) is 0 Å². The molecule has 3 atom stereocenters. The molecular weight excluding hydrogens is 228 g/mol. The molecule has 1 saturated carbocycles. The maximum absolute atomic E-state index is 12.0. The van der Waals surface area contributed by atoms with E-state index in [0.717, 1.165) is 12.8 Å². The molecule has 0 radical (unpaired) electrons. The highest BCUT2D eigenvalue weighted by Gasteiger charge is 2.23. The molecule has 1 rings (SSSR count). The molecule has 0 bridgehead atoms. The minimum atomic E-state index is -0.393. The van der Waals surface area contributed by atoms with Gasteiger partial charge in [0.25, 0.3) is 0 Å². The number of amides is 1. The van der Waals surface area contributed by atoms with Crippen molar-refractivity contribution in [2.24, 2.45) is 11.7 Å². The molecule has 3 N–H and O–H groups in total. The first-order valence-electron chi connectivity index (χ1n) is 7.20. The van der Waals surface area contributed by atoms with Crippen molar-refractivity contribution >= 4 is 5.91 Å². The third-order valence-electron chi connectivity index (χ3n) is 3.89. The number of ether oxygens (including phenoxy) is 1. The average Bonchev–Trinajstić information content (AvgIpc) is 2.55. The fourth-order valence-electron chi connectivity index (χ4n) is 2.58. The molecule has 3 unspecified atom stereocenters. The Hall–Kier alpha value is -0.610. The minimum Gasteiger partial charge on any atom is -0.385 e. The number of carbonyl (C=O) groups is 1. The van der Waals surface area contributed by atoms with Gasteiger partial charge in [0.2, 0.25) is 5.91 Å². The van der Waals surface area contributed by atoms with E-state index in [1.54, 1.807) is 7.11 Å². The number of nitrogens with two attached hydrogens (primary N) is 1. The van der Waals surface area contributed by atoms with Gasteiger partial charge in [-0.25, -0.2) is 0 Å². The highest BCUT2D eigenvalue weighted by Crippen LogP contribution is 2.22. The Kier molecular flexibility index (Phi) is 7.28. The summed E-state index contributed by atoms with van der Waals surface area (Å²) in [6.07, 6.45) is 7.63. The fraction of sp³-hybridized carbons (Fsp3) is 0.929. The van der Waals surface area contributed by atoms with Gasteiger partial charge in [-0.2, -0.15) is 0 Å². The maximum atomic E-state index is 12.0. The third kappa shape index (κ3) is 5.36. The quantitative estimate of drug-likeness (QED) is 0.563. The summed E-state index contributed by atoms with van der Waals surface area (Å²) >= 11 is 0. The second-order valence-corrected chi connectivity index (χ2v) is 5.47. The van der Waals surface area contributed by atoms with E-state index in [0.29, 0.717) is 25.0 Å². The summed E-state index contributed by atoms with van der Waals surface area (Å²) in [6, 6.07) is -0.0796. The van der Waals surface area contributed by atoms with E-state index in [9.17, 15) is 4.79 Å². The maximum Gasteiger partial charge on any atom is 0.237 e. The smallest absolute Gasteiger partial charge is 0.237 e. The minimum absolute atomic E-state index is 0.00449. The first kappa shape index (κ1) is 15.4. The zero-order chi connectivity index (χ0) is 13.4. The number of nitrogens with one attached hydrogen (secondary N) is 1. The summed E-state index contributed by atoms with van der Waals surface area (Å²) in [7, 11) is 1.67. The van der Waals surface area contributed by atoms with E-state index in [1.165, 1.54) is 25.7 Å². The van der Waals surface area contributed by atoms with Crippen molar-refractivity contribution in [1.29, 1.82) is 0 Å². The van der Waals surface area contributed by atoms with Crippen LogP contribution in [0.2, 0.25) is 0 Å². The van der Waals surface area contributed by atoms with Gasteiger partial charge in [0, 0.05) is 19.8 Å². The van der Waals surface area contributed by atoms with Crippen LogP contribution in [0.3, 0.4) is 0 Å². The Morgan fingerprint density at radius 1 is 1.39 bits per heavy atom. The molecule has 0 aliphatic heterocycles. The second-order valence-electron chi connectivity index (χ2n) is 5.47. The number of rotatable bonds is 6. The van der Waals surface area contributed by atoms with E-state index in [-0.39, 0.29) is 5.91 Å². The van der Waals surface area contributed by atoms with Crippen molar-refractivity contribution in [2.75, 3.05) is 13.7 Å². The van der Waals surface area contributed by atoms with Crippen LogP contribution < -0.4 is 11.1 Å². The van der Waals surface area contributed by atoms with Gasteiger partial charge in [-0.3, -0.25) is 4.79 Å². The highest BCUT2D eigenvalue weighted by molar-refractivity contribution is 5.81. The van der Waals surface area contributed by atoms with Crippen LogP contribution in [0.1, 0.15) is 51.9 Å². The largest absolute Gasteiger partial charge is 0.385 e. The molecule has 4 nitrogen and oxygen atoms in total. The van der Waals surface area contributed by atoms with Crippen LogP contribution >= 0.6 is 0 Å². The van der Waals surface area contributed by atoms with Gasteiger partial charge in [-0.1, -0.05) is 26.2 Å². The SMILES string of the molecule is COCCCC(N)C(=O)NC1CCCCCC1C. The molecule has 1 amide bonds. The topological polar surface area (TPSA) is 64.3 Å². The molecular formula is C14H28N2O2. The summed E-state index contributed by atoms with van der Waals surface area (Å²) in [4.78, 5) is 12.0. The standard InChI is InChI=1S/C14H28N2O2/c1-11-7-4-3-5-9-13(11)16-14(17)12(15)8-6-10-18-2/h11-13H,3-10,15H2,1-2H3,(H,16,17). The molecule has 106 valence electrons. The van der Waals surface area contributed by atoms with Crippen molar-refractivity contribution in [3.63, 3.8) is 0 Å². The fourth-order valence-corrected chi connectivity index (χ4v) is 2.58. The van der Waals surface area contributed by atoms with E-state index in [2.05, 4.69) is 12.2 Å². The lowest BCUT2D eigenvalue weighted by Crippen LogP contribution is -2.47. The molecule has 0 aromatic carbocycles. The Morgan fingerprint density at radius 3 is 2.83 bits per heavy atom. The van der Waals surface area contributed by atoms with Gasteiger partial charge in [0.1, 0.15) is 0 Å². The first-order chi connectivity index (χ1) is 8.65. The van der Waals surface area contributed by atoms with Crippen LogP contribution in [-0.2, 0) is 9.53 Å². The molecule has 18 heavy (non-hydrogen) atoms. The van der Waals surface area contributed by atoms with E-state index < -0.39 is 6.04 Å². The molecule has 0 aromatic heterocycles. The summed E-state index contributed by atoms with van der Waals surface area (Å²) in [5, 5.41) is 3.13. The van der Waals surface area contributed by atoms with Gasteiger partial charge in [0.05, 0.1) is 6.04 Å². The van der Waals surface area contributed by atoms with Gasteiger partial charge in [-0.15, -0.1) is 0 Å². The summed E-state index contributed by atoms with van der Waals surface area (Å²) < 4.78 is 4.97. The lowest BCUT2D eigenvalue weighted by atomic mass is 9.96. The predicted octanol–water partition coefficient (Wildman–Crippen LogP) is 1.83. The van der Waals surface area contributed by atoms with Crippen LogP contribution in [0.5, 0.6) is 0 Å². The van der Waals surface area contributed by atoms with Gasteiger partial charge in [-0.05, 0) is 31.6 Å². The van der Waals surface area contributed by atoms with E-state index >= 15 is 0 Å². The Morgan fingerprint density at radius 2 is 2.11 bits per heavy atom. The number of methoxy groups -OCH3 is 1. The number of hydrogen-bond acceptors (Lipinski definition) is 3. The van der Waals surface area contributed by atoms with Crippen molar-refractivity contribution in [1.82, 2.24) is 5.32 Å². The van der Waals surface area contributed by atoms with Crippen LogP contribution in [0.15, 0.2) is 0 Å². The normalized spacial score (nSPS) is 26.4. The highest BCUT2D eigenvalue weighted by atomic mass is 16.5. The molecule has 0 saturated heterocycles. The first-order valence-corrected chi connectivity index (χ1v) is 7.20. The Balaban J connectivity index is 2.32. The van der Waals surface area contributed by atoms with Crippen molar-refractivity contribution < 1.29 is 9.53 Å². The predicted molar refractivity (Wildman–Crippen MR) is 73.3 cm³/mol. The Labute approximate surface area is 111 Å². The number of hydrogen-bond donors (Lipinski definition) is 2. The molecule has 1 aliphatic rings. The van der Waals surface area contributed by atoms with Gasteiger partial charge < -0.3 is 15.8 Å². The van der Waals surface area contributed by atoms with Gasteiger partial charge >= 0.3 is 0 Å². The van der Waals surface area contributed by atoms with Gasteiger partial charge in [0.15, 0.2) is 0 Å². The van der Waals surface area contributed by atoms with Crippen LogP contribution in [0.25, 0.3) is 0 Å². The summed E-state index contributed by atoms with van der Waals surface area (Å²) in [5.41, 5.74) is 5.89. The molecule has 0 spiro atoms. The summed E-state index contributed by atoms with van der Waals surface area (Å²) in [5.74, 6) is 0.576. The Bertz CT molecular complexity index is 246. The van der Waals surface area contributed by atoms with Crippen LogP contribution in [0.4, 0.5) is 0 Å². The zero-order valence-electron chi connectivity index (χ0n) is 11.8. The number of carbonyl (C=O) groups excluding carboxylic acids is 1. The second kappa shape index (κ2) is 8.48. The van der Waals surface area contributed by atoms with Crippen molar-refractivity contribution in [3.8, 4) is 0 Å².